The molecular weight excluding hydrogens is 402 g/mol. The number of nitrogens with zero attached hydrogens (tertiary/aromatic N) is 6. The van der Waals surface area contributed by atoms with Gasteiger partial charge in [-0.25, -0.2) is 0 Å². The van der Waals surface area contributed by atoms with Gasteiger partial charge in [0.15, 0.2) is 5.82 Å². The van der Waals surface area contributed by atoms with E-state index in [1.165, 1.54) is 0 Å². The maximum Gasteiger partial charge on any atom is 0.251 e. The van der Waals surface area contributed by atoms with Crippen molar-refractivity contribution in [2.45, 2.75) is 40.2 Å². The number of nitrogens with one attached hydrogen (secondary N) is 1. The van der Waals surface area contributed by atoms with Gasteiger partial charge in [0.1, 0.15) is 0 Å². The first-order chi connectivity index (χ1) is 15.4. The molecule has 0 aliphatic heterocycles. The number of benzene rings is 1. The summed E-state index contributed by atoms with van der Waals surface area (Å²) in [5, 5.41) is 15.1. The predicted octanol–water partition coefficient (Wildman–Crippen LogP) is 3.79. The van der Waals surface area contributed by atoms with Crippen LogP contribution in [0, 0.1) is 13.8 Å². The van der Waals surface area contributed by atoms with E-state index in [0.717, 1.165) is 28.1 Å². The molecule has 0 radical (unpaired) electrons. The number of aryl methyl sites for hydroxylation is 2. The average molecular weight is 428 g/mol. The Morgan fingerprint density at radius 1 is 1.00 bits per heavy atom. The summed E-state index contributed by atoms with van der Waals surface area (Å²) in [5.74, 6) is 0.632. The Kier molecular flexibility index (Phi) is 6.02. The Balaban J connectivity index is 1.71. The van der Waals surface area contributed by atoms with E-state index in [4.69, 9.17) is 0 Å². The highest BCUT2D eigenvalue weighted by atomic mass is 16.1. The fourth-order valence-corrected chi connectivity index (χ4v) is 3.26. The molecule has 3 aromatic heterocycles. The number of hydrogen-bond acceptors (Lipinski definition) is 6. The molecular formula is C24H25N7O. The first kappa shape index (κ1) is 21.3. The van der Waals surface area contributed by atoms with Gasteiger partial charge in [0.05, 0.1) is 23.6 Å². The topological polar surface area (TPSA) is 98.5 Å². The van der Waals surface area contributed by atoms with Gasteiger partial charge >= 0.3 is 0 Å². The van der Waals surface area contributed by atoms with Gasteiger partial charge in [-0.05, 0) is 65.7 Å². The van der Waals surface area contributed by atoms with Crippen LogP contribution in [0.3, 0.4) is 0 Å². The summed E-state index contributed by atoms with van der Waals surface area (Å²) in [5.41, 5.74) is 5.72. The number of tetrazole rings is 1. The van der Waals surface area contributed by atoms with E-state index in [2.05, 4.69) is 30.8 Å². The molecule has 0 saturated carbocycles. The molecule has 0 saturated heterocycles. The molecule has 1 aromatic carbocycles. The van der Waals surface area contributed by atoms with E-state index >= 15 is 0 Å². The Morgan fingerprint density at radius 2 is 1.75 bits per heavy atom. The minimum Gasteiger partial charge on any atom is -0.346 e. The lowest BCUT2D eigenvalue weighted by atomic mass is 10.0. The monoisotopic (exact) mass is 427 g/mol. The van der Waals surface area contributed by atoms with Crippen LogP contribution in [0.5, 0.6) is 0 Å². The summed E-state index contributed by atoms with van der Waals surface area (Å²) in [6, 6.07) is 13.4. The fourth-order valence-electron chi connectivity index (χ4n) is 3.26. The second-order valence-corrected chi connectivity index (χ2v) is 8.10. The molecule has 0 spiro atoms. The maximum atomic E-state index is 13.0. The number of hydrogen-bond donors (Lipinski definition) is 1. The van der Waals surface area contributed by atoms with E-state index in [9.17, 15) is 4.79 Å². The third-order valence-electron chi connectivity index (χ3n) is 5.04. The largest absolute Gasteiger partial charge is 0.346 e. The number of amides is 1. The van der Waals surface area contributed by atoms with Crippen molar-refractivity contribution in [2.24, 2.45) is 0 Å². The highest BCUT2D eigenvalue weighted by Gasteiger charge is 2.16. The number of carbonyl (C=O) groups excluding carboxylic acids is 1. The average Bonchev–Trinajstić information content (AvgIpc) is 3.29. The van der Waals surface area contributed by atoms with Gasteiger partial charge in [0.2, 0.25) is 0 Å². The Labute approximate surface area is 186 Å². The molecule has 32 heavy (non-hydrogen) atoms. The quantitative estimate of drug-likeness (QED) is 0.503. The third-order valence-corrected chi connectivity index (χ3v) is 5.04. The standard InChI is InChI=1S/C24H25N7O/c1-15(2)23-28-29-30-31(23)21-10-18(22-8-6-17(4)13-26-22)9-19(11-21)24(32)27-14-20-7-5-16(3)12-25-20/h5-13,15H,14H2,1-4H3,(H,27,32). The zero-order valence-electron chi connectivity index (χ0n) is 18.6. The second kappa shape index (κ2) is 9.05. The highest BCUT2D eigenvalue weighted by Crippen LogP contribution is 2.25. The van der Waals surface area contributed by atoms with Gasteiger partial charge in [-0.1, -0.05) is 26.0 Å². The van der Waals surface area contributed by atoms with E-state index in [1.807, 2.05) is 64.1 Å². The smallest absolute Gasteiger partial charge is 0.251 e. The van der Waals surface area contributed by atoms with Gasteiger partial charge in [0, 0.05) is 29.4 Å². The van der Waals surface area contributed by atoms with Crippen LogP contribution in [0.15, 0.2) is 54.9 Å². The van der Waals surface area contributed by atoms with Gasteiger partial charge in [-0.3, -0.25) is 14.8 Å². The molecule has 8 heteroatoms. The van der Waals surface area contributed by atoms with Crippen LogP contribution in [0.4, 0.5) is 0 Å². The molecule has 0 aliphatic carbocycles. The van der Waals surface area contributed by atoms with Crippen molar-refractivity contribution in [3.8, 4) is 16.9 Å². The van der Waals surface area contributed by atoms with Crippen LogP contribution >= 0.6 is 0 Å². The van der Waals surface area contributed by atoms with E-state index in [-0.39, 0.29) is 11.8 Å². The second-order valence-electron chi connectivity index (χ2n) is 8.10. The molecule has 8 nitrogen and oxygen atoms in total. The number of aromatic nitrogens is 6. The van der Waals surface area contributed by atoms with Crippen molar-refractivity contribution in [1.29, 1.82) is 0 Å². The summed E-state index contributed by atoms with van der Waals surface area (Å²) >= 11 is 0. The molecule has 0 atom stereocenters. The molecule has 1 amide bonds. The Bertz CT molecular complexity index is 1230. The molecule has 3 heterocycles. The summed E-state index contributed by atoms with van der Waals surface area (Å²) in [7, 11) is 0. The Hall–Kier alpha value is -3.94. The van der Waals surface area contributed by atoms with Crippen molar-refractivity contribution >= 4 is 5.91 Å². The third kappa shape index (κ3) is 4.69. The van der Waals surface area contributed by atoms with Crippen LogP contribution in [0.1, 0.15) is 52.8 Å². The van der Waals surface area contributed by atoms with Crippen molar-refractivity contribution in [3.63, 3.8) is 0 Å². The molecule has 162 valence electrons. The number of pyridine rings is 2. The van der Waals surface area contributed by atoms with Gasteiger partial charge in [-0.2, -0.15) is 4.68 Å². The van der Waals surface area contributed by atoms with Crippen molar-refractivity contribution in [3.05, 3.63) is 83.1 Å². The number of carbonyl (C=O) groups is 1. The van der Waals surface area contributed by atoms with Crippen molar-refractivity contribution in [2.75, 3.05) is 0 Å². The molecule has 1 N–H and O–H groups in total. The molecule has 0 aliphatic rings. The highest BCUT2D eigenvalue weighted by molar-refractivity contribution is 5.96. The lowest BCUT2D eigenvalue weighted by molar-refractivity contribution is 0.0950. The van der Waals surface area contributed by atoms with Gasteiger partial charge < -0.3 is 5.32 Å². The van der Waals surface area contributed by atoms with Crippen LogP contribution < -0.4 is 5.32 Å². The summed E-state index contributed by atoms with van der Waals surface area (Å²) < 4.78 is 1.67. The lowest BCUT2D eigenvalue weighted by Gasteiger charge is -2.12. The first-order valence-electron chi connectivity index (χ1n) is 10.5. The van der Waals surface area contributed by atoms with Crippen LogP contribution in [0.2, 0.25) is 0 Å². The van der Waals surface area contributed by atoms with Crippen LogP contribution in [-0.2, 0) is 6.54 Å². The van der Waals surface area contributed by atoms with E-state index < -0.39 is 0 Å². The Morgan fingerprint density at radius 3 is 2.41 bits per heavy atom. The van der Waals surface area contributed by atoms with Crippen molar-refractivity contribution in [1.82, 2.24) is 35.5 Å². The van der Waals surface area contributed by atoms with E-state index in [1.54, 1.807) is 23.1 Å². The van der Waals surface area contributed by atoms with Gasteiger partial charge in [0.25, 0.3) is 5.91 Å². The zero-order chi connectivity index (χ0) is 22.7. The SMILES string of the molecule is Cc1ccc(CNC(=O)c2cc(-c3ccc(C)cn3)cc(-n3nnnc3C(C)C)c2)nc1. The normalized spacial score (nSPS) is 11.0. The number of rotatable bonds is 6. The molecule has 0 bridgehead atoms. The van der Waals surface area contributed by atoms with E-state index in [0.29, 0.717) is 23.6 Å². The maximum absolute atomic E-state index is 13.0. The summed E-state index contributed by atoms with van der Waals surface area (Å²) in [4.78, 5) is 21.9. The summed E-state index contributed by atoms with van der Waals surface area (Å²) in [6.45, 7) is 8.35. The van der Waals surface area contributed by atoms with Crippen molar-refractivity contribution < 1.29 is 4.79 Å². The van der Waals surface area contributed by atoms with Gasteiger partial charge in [-0.15, -0.1) is 5.10 Å². The fraction of sp³-hybridized carbons (Fsp3) is 0.250. The predicted molar refractivity (Wildman–Crippen MR) is 121 cm³/mol. The lowest BCUT2D eigenvalue weighted by Crippen LogP contribution is -2.23. The van der Waals surface area contributed by atoms with Crippen LogP contribution in [-0.4, -0.2) is 36.1 Å². The minimum atomic E-state index is -0.207. The molecule has 4 aromatic rings. The minimum absolute atomic E-state index is 0.121. The molecule has 0 fully saturated rings. The zero-order valence-corrected chi connectivity index (χ0v) is 18.6. The van der Waals surface area contributed by atoms with Crippen LogP contribution in [0.25, 0.3) is 16.9 Å². The molecule has 4 rings (SSSR count). The first-order valence-corrected chi connectivity index (χ1v) is 10.5. The summed E-state index contributed by atoms with van der Waals surface area (Å²) in [6.07, 6.45) is 3.59. The molecule has 0 unspecified atom stereocenters.